The summed E-state index contributed by atoms with van der Waals surface area (Å²) >= 11 is 0. The Kier molecular flexibility index (Phi) is 6.04. The Balaban J connectivity index is 2.19. The smallest absolute Gasteiger partial charge is 0.133 e. The van der Waals surface area contributed by atoms with Gasteiger partial charge >= 0.3 is 0 Å². The first-order valence-electron chi connectivity index (χ1n) is 6.85. The van der Waals surface area contributed by atoms with Crippen LogP contribution in [0.5, 0.6) is 0 Å². The topological polar surface area (TPSA) is 20.3 Å². The van der Waals surface area contributed by atoms with E-state index in [4.69, 9.17) is 0 Å². The van der Waals surface area contributed by atoms with Crippen LogP contribution >= 0.6 is 0 Å². The van der Waals surface area contributed by atoms with Crippen LogP contribution in [-0.4, -0.2) is 30.3 Å². The first kappa shape index (κ1) is 13.7. The summed E-state index contributed by atoms with van der Waals surface area (Å²) in [6.07, 6.45) is 5.07. The van der Waals surface area contributed by atoms with E-state index in [2.05, 4.69) is 25.7 Å². The predicted molar refractivity (Wildman–Crippen MR) is 68.5 cm³/mol. The molecule has 0 unspecified atom stereocenters. The number of carbonyl (C=O) groups excluding carboxylic acids is 1. The number of likely N-dealkylation sites (tertiary alicyclic amines) is 1. The zero-order valence-corrected chi connectivity index (χ0v) is 11.2. The molecule has 0 saturated carbocycles. The zero-order valence-electron chi connectivity index (χ0n) is 11.2. The van der Waals surface area contributed by atoms with Gasteiger partial charge in [-0.3, -0.25) is 4.79 Å². The highest BCUT2D eigenvalue weighted by Crippen LogP contribution is 2.22. The first-order chi connectivity index (χ1) is 7.61. The van der Waals surface area contributed by atoms with Gasteiger partial charge in [0.05, 0.1) is 0 Å². The lowest BCUT2D eigenvalue weighted by Gasteiger charge is -2.32. The number of hydrogen-bond donors (Lipinski definition) is 0. The molecule has 0 bridgehead atoms. The van der Waals surface area contributed by atoms with E-state index in [1.807, 2.05) is 0 Å². The normalized spacial score (nSPS) is 19.2. The van der Waals surface area contributed by atoms with Crippen LogP contribution in [-0.2, 0) is 4.79 Å². The molecule has 1 fully saturated rings. The van der Waals surface area contributed by atoms with Crippen molar-refractivity contribution in [3.63, 3.8) is 0 Å². The lowest BCUT2D eigenvalue weighted by atomic mass is 9.90. The Morgan fingerprint density at radius 1 is 1.31 bits per heavy atom. The Bertz CT molecular complexity index is 205. The molecule has 0 N–H and O–H groups in total. The lowest BCUT2D eigenvalue weighted by molar-refractivity contribution is -0.120. The van der Waals surface area contributed by atoms with E-state index >= 15 is 0 Å². The summed E-state index contributed by atoms with van der Waals surface area (Å²) in [5, 5.41) is 0. The molecule has 2 nitrogen and oxygen atoms in total. The minimum atomic E-state index is 0.477. The average Bonchev–Trinajstić information content (AvgIpc) is 2.20. The van der Waals surface area contributed by atoms with E-state index in [1.54, 1.807) is 0 Å². The molecule has 0 aromatic rings. The largest absolute Gasteiger partial charge is 0.303 e. The van der Waals surface area contributed by atoms with E-state index < -0.39 is 0 Å². The summed E-state index contributed by atoms with van der Waals surface area (Å²) in [7, 11) is 0. The Hall–Kier alpha value is -0.370. The molecule has 0 aromatic carbocycles. The summed E-state index contributed by atoms with van der Waals surface area (Å²) in [4.78, 5) is 14.1. The second-order valence-electron chi connectivity index (χ2n) is 5.63. The molecule has 1 aliphatic heterocycles. The second kappa shape index (κ2) is 7.05. The van der Waals surface area contributed by atoms with Crippen LogP contribution in [0.25, 0.3) is 0 Å². The summed E-state index contributed by atoms with van der Waals surface area (Å²) in [6, 6.07) is 0. The van der Waals surface area contributed by atoms with Gasteiger partial charge in [0.1, 0.15) is 5.78 Å². The third-order valence-corrected chi connectivity index (χ3v) is 3.38. The van der Waals surface area contributed by atoms with Crippen LogP contribution < -0.4 is 0 Å². The van der Waals surface area contributed by atoms with Gasteiger partial charge in [0.2, 0.25) is 0 Å². The summed E-state index contributed by atoms with van der Waals surface area (Å²) in [5.74, 6) is 1.91. The summed E-state index contributed by atoms with van der Waals surface area (Å²) < 4.78 is 0. The number of ketones is 1. The molecule has 0 aliphatic carbocycles. The number of carbonyl (C=O) groups is 1. The number of piperidine rings is 1. The number of hydrogen-bond acceptors (Lipinski definition) is 2. The van der Waals surface area contributed by atoms with E-state index in [1.165, 1.54) is 32.5 Å². The van der Waals surface area contributed by atoms with Gasteiger partial charge in [-0.2, -0.15) is 0 Å². The molecule has 94 valence electrons. The van der Waals surface area contributed by atoms with Gasteiger partial charge in [0.25, 0.3) is 0 Å². The van der Waals surface area contributed by atoms with Gasteiger partial charge in [0.15, 0.2) is 0 Å². The van der Waals surface area contributed by atoms with E-state index in [0.717, 1.165) is 25.2 Å². The highest BCUT2D eigenvalue weighted by Gasteiger charge is 2.21. The van der Waals surface area contributed by atoms with Crippen molar-refractivity contribution in [3.8, 4) is 0 Å². The highest BCUT2D eigenvalue weighted by molar-refractivity contribution is 5.78. The fourth-order valence-electron chi connectivity index (χ4n) is 2.59. The standard InChI is InChI=1S/C14H27NO/c1-4-5-14(16)10-13-6-8-15(9-7-13)11-12(2)3/h12-13H,4-11H2,1-3H3. The maximum absolute atomic E-state index is 11.6. The van der Waals surface area contributed by atoms with E-state index in [-0.39, 0.29) is 0 Å². The van der Waals surface area contributed by atoms with Gasteiger partial charge in [-0.15, -0.1) is 0 Å². The fourth-order valence-corrected chi connectivity index (χ4v) is 2.59. The van der Waals surface area contributed by atoms with Gasteiger partial charge < -0.3 is 4.90 Å². The maximum atomic E-state index is 11.6. The highest BCUT2D eigenvalue weighted by atomic mass is 16.1. The van der Waals surface area contributed by atoms with Crippen LogP contribution in [0.1, 0.15) is 52.9 Å². The van der Waals surface area contributed by atoms with E-state index in [0.29, 0.717) is 11.7 Å². The van der Waals surface area contributed by atoms with Gasteiger partial charge in [-0.05, 0) is 44.2 Å². The molecule has 16 heavy (non-hydrogen) atoms. The molecule has 0 atom stereocenters. The molecule has 1 saturated heterocycles. The van der Waals surface area contributed by atoms with Crippen molar-refractivity contribution in [3.05, 3.63) is 0 Å². The third kappa shape index (κ3) is 5.11. The van der Waals surface area contributed by atoms with Crippen molar-refractivity contribution in [1.29, 1.82) is 0 Å². The van der Waals surface area contributed by atoms with Crippen LogP contribution in [0.15, 0.2) is 0 Å². The zero-order chi connectivity index (χ0) is 12.0. The SMILES string of the molecule is CCCC(=O)CC1CCN(CC(C)C)CC1. The minimum absolute atomic E-state index is 0.477. The molecule has 0 spiro atoms. The molecular formula is C14H27NO. The van der Waals surface area contributed by atoms with Crippen molar-refractivity contribution in [1.82, 2.24) is 4.90 Å². The second-order valence-corrected chi connectivity index (χ2v) is 5.63. The van der Waals surface area contributed by atoms with Gasteiger partial charge in [-0.1, -0.05) is 20.8 Å². The quantitative estimate of drug-likeness (QED) is 0.692. The number of nitrogens with zero attached hydrogens (tertiary/aromatic N) is 1. The molecule has 1 aliphatic rings. The number of Topliss-reactive ketones (excluding diaryl/α,β-unsaturated/α-hetero) is 1. The monoisotopic (exact) mass is 225 g/mol. The molecular weight excluding hydrogens is 198 g/mol. The van der Waals surface area contributed by atoms with Crippen LogP contribution in [0.4, 0.5) is 0 Å². The molecule has 0 aromatic heterocycles. The third-order valence-electron chi connectivity index (χ3n) is 3.38. The summed E-state index contributed by atoms with van der Waals surface area (Å²) in [6.45, 7) is 10.2. The van der Waals surface area contributed by atoms with E-state index in [9.17, 15) is 4.79 Å². The molecule has 2 heteroatoms. The molecule has 1 heterocycles. The fraction of sp³-hybridized carbons (Fsp3) is 0.929. The molecule has 0 amide bonds. The van der Waals surface area contributed by atoms with Crippen molar-refractivity contribution < 1.29 is 4.79 Å². The molecule has 0 radical (unpaired) electrons. The van der Waals surface area contributed by atoms with Crippen LogP contribution in [0, 0.1) is 11.8 Å². The molecule has 1 rings (SSSR count). The van der Waals surface area contributed by atoms with Crippen molar-refractivity contribution >= 4 is 5.78 Å². The van der Waals surface area contributed by atoms with Crippen LogP contribution in [0.3, 0.4) is 0 Å². The lowest BCUT2D eigenvalue weighted by Crippen LogP contribution is -2.36. The first-order valence-corrected chi connectivity index (χ1v) is 6.85. The van der Waals surface area contributed by atoms with Crippen LogP contribution in [0.2, 0.25) is 0 Å². The Morgan fingerprint density at radius 3 is 2.44 bits per heavy atom. The average molecular weight is 225 g/mol. The maximum Gasteiger partial charge on any atom is 0.133 e. The van der Waals surface area contributed by atoms with Gasteiger partial charge in [-0.25, -0.2) is 0 Å². The minimum Gasteiger partial charge on any atom is -0.303 e. The van der Waals surface area contributed by atoms with Crippen molar-refractivity contribution in [2.75, 3.05) is 19.6 Å². The Labute approximate surface area is 100 Å². The van der Waals surface area contributed by atoms with Gasteiger partial charge in [0, 0.05) is 19.4 Å². The van der Waals surface area contributed by atoms with Crippen molar-refractivity contribution in [2.45, 2.75) is 52.9 Å². The van der Waals surface area contributed by atoms with Crippen molar-refractivity contribution in [2.24, 2.45) is 11.8 Å². The summed E-state index contributed by atoms with van der Waals surface area (Å²) in [5.41, 5.74) is 0. The number of rotatable bonds is 6. The Morgan fingerprint density at radius 2 is 1.94 bits per heavy atom. The predicted octanol–water partition coefficient (Wildman–Crippen LogP) is 3.11.